The summed E-state index contributed by atoms with van der Waals surface area (Å²) in [5.74, 6) is -0.221. The quantitative estimate of drug-likeness (QED) is 0.808. The summed E-state index contributed by atoms with van der Waals surface area (Å²) in [5, 5.41) is 12.3. The van der Waals surface area contributed by atoms with Crippen molar-refractivity contribution in [2.75, 3.05) is 26.2 Å². The zero-order valence-corrected chi connectivity index (χ0v) is 13.3. The Hall–Kier alpha value is -2.15. The van der Waals surface area contributed by atoms with Crippen LogP contribution in [0.2, 0.25) is 0 Å². The number of aromatic nitrogens is 1. The first-order chi connectivity index (χ1) is 10.9. The Morgan fingerprint density at radius 3 is 2.43 bits per heavy atom. The summed E-state index contributed by atoms with van der Waals surface area (Å²) in [4.78, 5) is 37.7. The number of carbonyl (C=O) groups excluding carboxylic acids is 1. The molecular formula is C16H21N3O4. The number of hydrogen-bond acceptors (Lipinski definition) is 4. The number of pyridine rings is 1. The maximum atomic E-state index is 12.9. The van der Waals surface area contributed by atoms with Crippen LogP contribution in [0.5, 0.6) is 0 Å². The molecule has 1 amide bonds. The first-order valence-electron chi connectivity index (χ1n) is 7.81. The van der Waals surface area contributed by atoms with Gasteiger partial charge in [0, 0.05) is 37.9 Å². The van der Waals surface area contributed by atoms with Crippen LogP contribution in [0, 0.1) is 25.7 Å². The van der Waals surface area contributed by atoms with Crippen molar-refractivity contribution >= 4 is 11.9 Å². The molecule has 3 heterocycles. The van der Waals surface area contributed by atoms with Gasteiger partial charge in [-0.15, -0.1) is 0 Å². The van der Waals surface area contributed by atoms with Crippen molar-refractivity contribution in [2.24, 2.45) is 11.8 Å². The van der Waals surface area contributed by atoms with Gasteiger partial charge in [0.25, 0.3) is 11.5 Å². The molecule has 2 aliphatic rings. The Kier molecular flexibility index (Phi) is 3.97. The maximum absolute atomic E-state index is 12.9. The molecular weight excluding hydrogens is 298 g/mol. The van der Waals surface area contributed by atoms with Crippen molar-refractivity contribution < 1.29 is 14.7 Å². The highest BCUT2D eigenvalue weighted by molar-refractivity contribution is 5.97. The molecule has 2 unspecified atom stereocenters. The number of likely N-dealkylation sites (tertiary alicyclic amines) is 1. The lowest BCUT2D eigenvalue weighted by molar-refractivity contribution is -0.137. The monoisotopic (exact) mass is 319 g/mol. The van der Waals surface area contributed by atoms with E-state index in [1.807, 2.05) is 4.90 Å². The van der Waals surface area contributed by atoms with Crippen molar-refractivity contribution in [2.45, 2.75) is 20.4 Å². The number of rotatable bonds is 3. The Balaban J connectivity index is 1.94. The fourth-order valence-electron chi connectivity index (χ4n) is 3.76. The molecule has 0 aromatic carbocycles. The molecule has 7 heteroatoms. The average molecular weight is 319 g/mol. The second kappa shape index (κ2) is 5.81. The van der Waals surface area contributed by atoms with Crippen LogP contribution in [0.4, 0.5) is 0 Å². The van der Waals surface area contributed by atoms with Gasteiger partial charge in [0.15, 0.2) is 0 Å². The summed E-state index contributed by atoms with van der Waals surface area (Å²) in [6.45, 7) is 6.24. The normalized spacial score (nSPS) is 23.1. The number of carboxylic acids is 1. The minimum Gasteiger partial charge on any atom is -0.480 e. The number of amides is 1. The van der Waals surface area contributed by atoms with E-state index in [1.54, 1.807) is 13.8 Å². The van der Waals surface area contributed by atoms with Crippen LogP contribution in [0.25, 0.3) is 0 Å². The van der Waals surface area contributed by atoms with Gasteiger partial charge in [0.1, 0.15) is 6.54 Å². The van der Waals surface area contributed by atoms with Crippen molar-refractivity contribution in [1.29, 1.82) is 0 Å². The van der Waals surface area contributed by atoms with Gasteiger partial charge in [0.2, 0.25) is 0 Å². The highest BCUT2D eigenvalue weighted by Crippen LogP contribution is 2.28. The lowest BCUT2D eigenvalue weighted by Gasteiger charge is -2.21. The van der Waals surface area contributed by atoms with Crippen molar-refractivity contribution in [3.8, 4) is 0 Å². The van der Waals surface area contributed by atoms with Crippen LogP contribution in [0.3, 0.4) is 0 Å². The van der Waals surface area contributed by atoms with E-state index < -0.39 is 12.5 Å². The van der Waals surface area contributed by atoms with E-state index in [0.29, 0.717) is 41.7 Å². The molecule has 2 fully saturated rings. The van der Waals surface area contributed by atoms with Gasteiger partial charge in [0.05, 0.1) is 5.56 Å². The molecule has 7 nitrogen and oxygen atoms in total. The van der Waals surface area contributed by atoms with Gasteiger partial charge in [-0.1, -0.05) is 0 Å². The molecule has 2 saturated heterocycles. The second-order valence-electron chi connectivity index (χ2n) is 6.49. The third-order valence-corrected chi connectivity index (χ3v) is 4.95. The smallest absolute Gasteiger partial charge is 0.323 e. The van der Waals surface area contributed by atoms with Gasteiger partial charge in [-0.25, -0.2) is 0 Å². The molecule has 2 aliphatic heterocycles. The minimum absolute atomic E-state index is 0.103. The number of fused-ring (bicyclic) bond motifs is 1. The van der Waals surface area contributed by atoms with E-state index in [1.165, 1.54) is 6.07 Å². The average Bonchev–Trinajstić information content (AvgIpc) is 3.03. The highest BCUT2D eigenvalue weighted by Gasteiger charge is 2.39. The Morgan fingerprint density at radius 1 is 1.26 bits per heavy atom. The van der Waals surface area contributed by atoms with Crippen LogP contribution >= 0.6 is 0 Å². The molecule has 0 aliphatic carbocycles. The lowest BCUT2D eigenvalue weighted by Crippen LogP contribution is -2.35. The fraction of sp³-hybridized carbons (Fsp3) is 0.562. The fourth-order valence-corrected chi connectivity index (χ4v) is 3.76. The molecule has 2 N–H and O–H groups in total. The van der Waals surface area contributed by atoms with E-state index >= 15 is 0 Å². The predicted molar refractivity (Wildman–Crippen MR) is 83.6 cm³/mol. The van der Waals surface area contributed by atoms with Crippen LogP contribution in [0.1, 0.15) is 21.6 Å². The first kappa shape index (κ1) is 15.7. The number of carbonyl (C=O) groups is 2. The van der Waals surface area contributed by atoms with Gasteiger partial charge in [-0.05, 0) is 31.2 Å². The molecule has 2 atom stereocenters. The molecule has 0 bridgehead atoms. The summed E-state index contributed by atoms with van der Waals surface area (Å²) in [5.41, 5.74) is 1.10. The molecule has 0 spiro atoms. The maximum Gasteiger partial charge on any atom is 0.323 e. The van der Waals surface area contributed by atoms with Crippen LogP contribution in [0.15, 0.2) is 10.9 Å². The summed E-state index contributed by atoms with van der Waals surface area (Å²) in [7, 11) is 0. The molecule has 3 rings (SSSR count). The molecule has 1 aromatic heterocycles. The van der Waals surface area contributed by atoms with Crippen molar-refractivity contribution in [3.63, 3.8) is 0 Å². The lowest BCUT2D eigenvalue weighted by atomic mass is 10.0. The summed E-state index contributed by atoms with van der Waals surface area (Å²) in [6.07, 6.45) is 0. The van der Waals surface area contributed by atoms with E-state index in [0.717, 1.165) is 17.7 Å². The molecule has 23 heavy (non-hydrogen) atoms. The number of carboxylic acid groups (broad SMARTS) is 1. The van der Waals surface area contributed by atoms with Crippen LogP contribution in [-0.2, 0) is 11.3 Å². The minimum atomic E-state index is -1.10. The van der Waals surface area contributed by atoms with Gasteiger partial charge < -0.3 is 19.9 Å². The van der Waals surface area contributed by atoms with E-state index in [9.17, 15) is 14.4 Å². The topological polar surface area (TPSA) is 91.6 Å². The van der Waals surface area contributed by atoms with Crippen LogP contribution < -0.4 is 10.9 Å². The predicted octanol–water partition coefficient (Wildman–Crippen LogP) is -0.159. The molecule has 1 aromatic rings. The summed E-state index contributed by atoms with van der Waals surface area (Å²) < 4.78 is 1.15. The molecule has 124 valence electrons. The Morgan fingerprint density at radius 2 is 1.87 bits per heavy atom. The van der Waals surface area contributed by atoms with Gasteiger partial charge in [-0.2, -0.15) is 0 Å². The standard InChI is InChI=1S/C16H21N3O4/c1-9-3-13(20)19(8-14(21)22)10(2)15(9)16(23)18-6-11-4-17-5-12(11)7-18/h3,11-12,17H,4-8H2,1-2H3,(H,21,22). The number of nitrogens with zero attached hydrogens (tertiary/aromatic N) is 2. The Bertz CT molecular complexity index is 713. The SMILES string of the molecule is Cc1cc(=O)n(CC(=O)O)c(C)c1C(=O)N1CC2CNCC2C1. The molecule has 0 saturated carbocycles. The number of hydrogen-bond donors (Lipinski definition) is 2. The van der Waals surface area contributed by atoms with Crippen molar-refractivity contribution in [3.05, 3.63) is 33.2 Å². The van der Waals surface area contributed by atoms with Crippen molar-refractivity contribution in [1.82, 2.24) is 14.8 Å². The zero-order chi connectivity index (χ0) is 16.7. The van der Waals surface area contributed by atoms with Crippen LogP contribution in [-0.4, -0.2) is 52.6 Å². The first-order valence-corrected chi connectivity index (χ1v) is 7.81. The van der Waals surface area contributed by atoms with E-state index in [2.05, 4.69) is 5.32 Å². The van der Waals surface area contributed by atoms with Gasteiger partial charge >= 0.3 is 5.97 Å². The van der Waals surface area contributed by atoms with E-state index in [-0.39, 0.29) is 11.5 Å². The number of aryl methyl sites for hydroxylation is 1. The van der Waals surface area contributed by atoms with Gasteiger partial charge in [-0.3, -0.25) is 14.4 Å². The third kappa shape index (κ3) is 2.76. The number of nitrogens with one attached hydrogen (secondary N) is 1. The third-order valence-electron chi connectivity index (χ3n) is 4.95. The highest BCUT2D eigenvalue weighted by atomic mass is 16.4. The molecule has 0 radical (unpaired) electrons. The number of aliphatic carboxylic acids is 1. The summed E-state index contributed by atoms with van der Waals surface area (Å²) >= 11 is 0. The second-order valence-corrected chi connectivity index (χ2v) is 6.49. The zero-order valence-electron chi connectivity index (χ0n) is 13.3. The summed E-state index contributed by atoms with van der Waals surface area (Å²) in [6, 6.07) is 1.35. The largest absolute Gasteiger partial charge is 0.480 e. The van der Waals surface area contributed by atoms with E-state index in [4.69, 9.17) is 5.11 Å². The Labute approximate surface area is 133 Å².